The minimum atomic E-state index is 0.158. The first-order valence-corrected chi connectivity index (χ1v) is 5.28. The smallest absolute Gasteiger partial charge is 0.0474 e. The van der Waals surface area contributed by atoms with Gasteiger partial charge in [-0.25, -0.2) is 0 Å². The Balaban J connectivity index is 2.53. The van der Waals surface area contributed by atoms with E-state index < -0.39 is 0 Å². The van der Waals surface area contributed by atoms with Crippen LogP contribution in [0, 0.1) is 0 Å². The zero-order valence-electron chi connectivity index (χ0n) is 7.93. The average Bonchev–Trinajstić information content (AvgIpc) is 2.07. The summed E-state index contributed by atoms with van der Waals surface area (Å²) in [6.07, 6.45) is 0.829. The summed E-state index contributed by atoms with van der Waals surface area (Å²) in [6, 6.07) is 3.87. The first kappa shape index (κ1) is 10.1. The standard InChI is InChI=1S/C10H12Cl2N2/c1-14-5-7(13)4-8-9(12)2-6(11)3-10(8)14/h2-3,7H,4-5,13H2,1H3. The number of rotatable bonds is 0. The molecule has 2 nitrogen and oxygen atoms in total. The predicted molar refractivity (Wildman–Crippen MR) is 61.4 cm³/mol. The molecule has 1 aromatic carbocycles. The quantitative estimate of drug-likeness (QED) is 0.742. The van der Waals surface area contributed by atoms with Crippen molar-refractivity contribution in [2.45, 2.75) is 12.5 Å². The maximum absolute atomic E-state index is 6.11. The Bertz CT molecular complexity index is 365. The van der Waals surface area contributed by atoms with Crippen LogP contribution in [-0.4, -0.2) is 19.6 Å². The molecule has 0 aliphatic carbocycles. The molecule has 2 N–H and O–H groups in total. The normalized spacial score (nSPS) is 20.9. The van der Waals surface area contributed by atoms with Crippen LogP contribution in [0.1, 0.15) is 5.56 Å². The fraction of sp³-hybridized carbons (Fsp3) is 0.400. The van der Waals surface area contributed by atoms with Crippen molar-refractivity contribution in [1.82, 2.24) is 0 Å². The highest BCUT2D eigenvalue weighted by Gasteiger charge is 2.21. The molecular formula is C10H12Cl2N2. The Hall–Kier alpha value is -0.440. The monoisotopic (exact) mass is 230 g/mol. The molecule has 0 radical (unpaired) electrons. The molecule has 0 saturated carbocycles. The van der Waals surface area contributed by atoms with E-state index in [1.807, 2.05) is 13.1 Å². The Kier molecular flexibility index (Phi) is 2.60. The average molecular weight is 231 g/mol. The fourth-order valence-electron chi connectivity index (χ4n) is 1.91. The van der Waals surface area contributed by atoms with Gasteiger partial charge in [0.15, 0.2) is 0 Å². The molecule has 1 heterocycles. The highest BCUT2D eigenvalue weighted by atomic mass is 35.5. The van der Waals surface area contributed by atoms with Gasteiger partial charge in [0.25, 0.3) is 0 Å². The lowest BCUT2D eigenvalue weighted by atomic mass is 9.99. The minimum Gasteiger partial charge on any atom is -0.373 e. The number of anilines is 1. The van der Waals surface area contributed by atoms with Gasteiger partial charge in [0.05, 0.1) is 0 Å². The molecular weight excluding hydrogens is 219 g/mol. The van der Waals surface area contributed by atoms with Crippen LogP contribution >= 0.6 is 23.2 Å². The number of halogens is 2. The summed E-state index contributed by atoms with van der Waals surface area (Å²) in [5.41, 5.74) is 8.12. The van der Waals surface area contributed by atoms with E-state index in [4.69, 9.17) is 28.9 Å². The molecule has 14 heavy (non-hydrogen) atoms. The van der Waals surface area contributed by atoms with Crippen molar-refractivity contribution >= 4 is 28.9 Å². The highest BCUT2D eigenvalue weighted by molar-refractivity contribution is 6.35. The third-order valence-electron chi connectivity index (χ3n) is 2.52. The molecule has 0 fully saturated rings. The molecule has 0 saturated heterocycles. The molecule has 0 spiro atoms. The van der Waals surface area contributed by atoms with Crippen LogP contribution in [-0.2, 0) is 6.42 Å². The van der Waals surface area contributed by atoms with Crippen molar-refractivity contribution in [2.24, 2.45) is 5.73 Å². The summed E-state index contributed by atoms with van der Waals surface area (Å²) in [5.74, 6) is 0. The summed E-state index contributed by atoms with van der Waals surface area (Å²) in [6.45, 7) is 0.851. The van der Waals surface area contributed by atoms with Crippen LogP contribution in [0.5, 0.6) is 0 Å². The summed E-state index contributed by atoms with van der Waals surface area (Å²) in [5, 5.41) is 1.39. The van der Waals surface area contributed by atoms with Crippen LogP contribution in [0.25, 0.3) is 0 Å². The van der Waals surface area contributed by atoms with E-state index >= 15 is 0 Å². The summed E-state index contributed by atoms with van der Waals surface area (Å²) in [7, 11) is 2.00. The molecule has 2 rings (SSSR count). The lowest BCUT2D eigenvalue weighted by Crippen LogP contribution is -2.41. The molecule has 4 heteroatoms. The molecule has 0 aromatic heterocycles. The maximum atomic E-state index is 6.11. The summed E-state index contributed by atoms with van der Waals surface area (Å²) in [4.78, 5) is 2.10. The van der Waals surface area contributed by atoms with Gasteiger partial charge in [-0.3, -0.25) is 0 Å². The van der Waals surface area contributed by atoms with Gasteiger partial charge < -0.3 is 10.6 Å². The molecule has 0 amide bonds. The van der Waals surface area contributed by atoms with E-state index in [0.29, 0.717) is 5.02 Å². The zero-order chi connectivity index (χ0) is 10.3. The van der Waals surface area contributed by atoms with E-state index in [0.717, 1.165) is 29.2 Å². The van der Waals surface area contributed by atoms with Crippen molar-refractivity contribution in [3.63, 3.8) is 0 Å². The van der Waals surface area contributed by atoms with Crippen LogP contribution in [0.2, 0.25) is 10.0 Å². The third-order valence-corrected chi connectivity index (χ3v) is 3.08. The SMILES string of the molecule is CN1CC(N)Cc2c(Cl)cc(Cl)cc21. The molecule has 1 aromatic rings. The first-order valence-electron chi connectivity index (χ1n) is 4.52. The van der Waals surface area contributed by atoms with Gasteiger partial charge in [0, 0.05) is 35.4 Å². The van der Waals surface area contributed by atoms with Gasteiger partial charge in [-0.2, -0.15) is 0 Å². The minimum absolute atomic E-state index is 0.158. The van der Waals surface area contributed by atoms with E-state index in [1.54, 1.807) is 6.07 Å². The van der Waals surface area contributed by atoms with E-state index in [-0.39, 0.29) is 6.04 Å². The van der Waals surface area contributed by atoms with E-state index in [1.165, 1.54) is 0 Å². The largest absolute Gasteiger partial charge is 0.373 e. The van der Waals surface area contributed by atoms with Gasteiger partial charge in [-0.15, -0.1) is 0 Å². The highest BCUT2D eigenvalue weighted by Crippen LogP contribution is 2.34. The summed E-state index contributed by atoms with van der Waals surface area (Å²) >= 11 is 12.1. The van der Waals surface area contributed by atoms with E-state index in [9.17, 15) is 0 Å². The number of benzene rings is 1. The number of hydrogen-bond acceptors (Lipinski definition) is 2. The van der Waals surface area contributed by atoms with Gasteiger partial charge in [0.1, 0.15) is 0 Å². The number of nitrogens with zero attached hydrogens (tertiary/aromatic N) is 1. The van der Waals surface area contributed by atoms with Crippen molar-refractivity contribution in [3.05, 3.63) is 27.7 Å². The van der Waals surface area contributed by atoms with E-state index in [2.05, 4.69) is 4.90 Å². The predicted octanol–water partition coefficient (Wildman–Crippen LogP) is 2.31. The van der Waals surface area contributed by atoms with Crippen LogP contribution in [0.15, 0.2) is 12.1 Å². The lowest BCUT2D eigenvalue weighted by molar-refractivity contribution is 0.628. The molecule has 1 unspecified atom stereocenters. The Labute approximate surface area is 93.6 Å². The first-order chi connectivity index (χ1) is 6.58. The Morgan fingerprint density at radius 3 is 2.86 bits per heavy atom. The fourth-order valence-corrected chi connectivity index (χ4v) is 2.47. The van der Waals surface area contributed by atoms with Crippen LogP contribution in [0.4, 0.5) is 5.69 Å². The topological polar surface area (TPSA) is 29.3 Å². The molecule has 1 atom stereocenters. The third kappa shape index (κ3) is 1.70. The molecule has 1 aliphatic rings. The van der Waals surface area contributed by atoms with Crippen molar-refractivity contribution in [3.8, 4) is 0 Å². The zero-order valence-corrected chi connectivity index (χ0v) is 9.44. The number of hydrogen-bond donors (Lipinski definition) is 1. The summed E-state index contributed by atoms with van der Waals surface area (Å²) < 4.78 is 0. The van der Waals surface area contributed by atoms with Gasteiger partial charge >= 0.3 is 0 Å². The van der Waals surface area contributed by atoms with Gasteiger partial charge in [-0.05, 0) is 24.1 Å². The number of likely N-dealkylation sites (N-methyl/N-ethyl adjacent to an activating group) is 1. The maximum Gasteiger partial charge on any atom is 0.0474 e. The van der Waals surface area contributed by atoms with Crippen molar-refractivity contribution < 1.29 is 0 Å². The van der Waals surface area contributed by atoms with Gasteiger partial charge in [0.2, 0.25) is 0 Å². The lowest BCUT2D eigenvalue weighted by Gasteiger charge is -2.32. The molecule has 1 aliphatic heterocycles. The van der Waals surface area contributed by atoms with Crippen molar-refractivity contribution in [2.75, 3.05) is 18.5 Å². The Morgan fingerprint density at radius 1 is 1.43 bits per heavy atom. The second-order valence-electron chi connectivity index (χ2n) is 3.73. The van der Waals surface area contributed by atoms with Crippen LogP contribution < -0.4 is 10.6 Å². The van der Waals surface area contributed by atoms with Crippen molar-refractivity contribution in [1.29, 1.82) is 0 Å². The number of nitrogens with two attached hydrogens (primary N) is 1. The van der Waals surface area contributed by atoms with Gasteiger partial charge in [-0.1, -0.05) is 23.2 Å². The molecule has 76 valence electrons. The molecule has 0 bridgehead atoms. The Morgan fingerprint density at radius 2 is 2.14 bits per heavy atom. The second kappa shape index (κ2) is 3.61. The second-order valence-corrected chi connectivity index (χ2v) is 4.57. The number of fused-ring (bicyclic) bond motifs is 1. The van der Waals surface area contributed by atoms with Crippen LogP contribution in [0.3, 0.4) is 0 Å².